The first-order valence-corrected chi connectivity index (χ1v) is 6.69. The van der Waals surface area contributed by atoms with Crippen molar-refractivity contribution < 1.29 is 14.3 Å². The molecule has 0 aromatic heterocycles. The van der Waals surface area contributed by atoms with Crippen molar-refractivity contribution in [2.45, 2.75) is 13.0 Å². The summed E-state index contributed by atoms with van der Waals surface area (Å²) in [5.74, 6) is 0.157. The van der Waals surface area contributed by atoms with Crippen LogP contribution in [0.25, 0.3) is 10.8 Å². The third-order valence-corrected chi connectivity index (χ3v) is 3.14. The molecule has 2 aromatic rings. The molecule has 2 rings (SSSR count). The lowest BCUT2D eigenvalue weighted by Crippen LogP contribution is -2.36. The normalized spacial score (nSPS) is 11.7. The molecule has 0 radical (unpaired) electrons. The van der Waals surface area contributed by atoms with Gasteiger partial charge in [0.1, 0.15) is 5.75 Å². The smallest absolute Gasteiger partial charge is 0.261 e. The Hall–Kier alpha value is -2.62. The van der Waals surface area contributed by atoms with Crippen molar-refractivity contribution in [2.24, 2.45) is 0 Å². The highest BCUT2D eigenvalue weighted by Crippen LogP contribution is 2.27. The molecule has 0 aliphatic carbocycles. The fourth-order valence-electron chi connectivity index (χ4n) is 2.06. The number of carbonyl (C=O) groups is 2. The minimum Gasteiger partial charge on any atom is -0.480 e. The Labute approximate surface area is 123 Å². The Bertz CT molecular complexity index is 679. The van der Waals surface area contributed by atoms with Gasteiger partial charge in [-0.25, -0.2) is 0 Å². The second kappa shape index (κ2) is 6.70. The SMILES string of the molecule is C=CCNC(=O)C(C)Oc1ccc2ccccc2c1C=O. The highest BCUT2D eigenvalue weighted by Gasteiger charge is 2.16. The van der Waals surface area contributed by atoms with E-state index in [2.05, 4.69) is 11.9 Å². The van der Waals surface area contributed by atoms with Crippen LogP contribution in [0.2, 0.25) is 0 Å². The molecule has 2 aromatic carbocycles. The summed E-state index contributed by atoms with van der Waals surface area (Å²) < 4.78 is 5.63. The number of fused-ring (bicyclic) bond motifs is 1. The Morgan fingerprint density at radius 2 is 2.10 bits per heavy atom. The number of carbonyl (C=O) groups excluding carboxylic acids is 2. The van der Waals surface area contributed by atoms with Crippen LogP contribution in [0, 0.1) is 0 Å². The van der Waals surface area contributed by atoms with E-state index in [-0.39, 0.29) is 5.91 Å². The molecule has 0 fully saturated rings. The van der Waals surface area contributed by atoms with Gasteiger partial charge in [-0.1, -0.05) is 36.4 Å². The van der Waals surface area contributed by atoms with Crippen LogP contribution >= 0.6 is 0 Å². The van der Waals surface area contributed by atoms with Crippen LogP contribution in [-0.4, -0.2) is 24.8 Å². The van der Waals surface area contributed by atoms with Gasteiger partial charge < -0.3 is 10.1 Å². The third-order valence-electron chi connectivity index (χ3n) is 3.14. The van der Waals surface area contributed by atoms with Gasteiger partial charge in [-0.2, -0.15) is 0 Å². The first-order valence-electron chi connectivity index (χ1n) is 6.69. The van der Waals surface area contributed by atoms with E-state index in [4.69, 9.17) is 4.74 Å². The predicted molar refractivity (Wildman–Crippen MR) is 82.6 cm³/mol. The van der Waals surface area contributed by atoms with Gasteiger partial charge in [0.15, 0.2) is 12.4 Å². The van der Waals surface area contributed by atoms with Crippen LogP contribution in [0.4, 0.5) is 0 Å². The summed E-state index contributed by atoms with van der Waals surface area (Å²) in [6.45, 7) is 5.56. The lowest BCUT2D eigenvalue weighted by Gasteiger charge is -2.16. The molecule has 0 saturated heterocycles. The largest absolute Gasteiger partial charge is 0.480 e. The molecule has 0 bridgehead atoms. The Balaban J connectivity index is 2.27. The number of ether oxygens (including phenoxy) is 1. The zero-order chi connectivity index (χ0) is 15.2. The summed E-state index contributed by atoms with van der Waals surface area (Å²) in [6, 6.07) is 11.1. The number of amides is 1. The van der Waals surface area contributed by atoms with Crippen molar-refractivity contribution in [1.82, 2.24) is 5.32 Å². The van der Waals surface area contributed by atoms with Crippen molar-refractivity contribution in [3.05, 3.63) is 54.6 Å². The first-order chi connectivity index (χ1) is 10.2. The lowest BCUT2D eigenvalue weighted by molar-refractivity contribution is -0.127. The molecule has 0 heterocycles. The number of hydrogen-bond donors (Lipinski definition) is 1. The van der Waals surface area contributed by atoms with Crippen molar-refractivity contribution in [3.8, 4) is 5.75 Å². The molecule has 4 nitrogen and oxygen atoms in total. The molecule has 0 spiro atoms. The van der Waals surface area contributed by atoms with E-state index >= 15 is 0 Å². The Morgan fingerprint density at radius 3 is 2.81 bits per heavy atom. The molecule has 1 unspecified atom stereocenters. The molecule has 108 valence electrons. The van der Waals surface area contributed by atoms with E-state index in [1.54, 1.807) is 19.1 Å². The van der Waals surface area contributed by atoms with Crippen molar-refractivity contribution in [1.29, 1.82) is 0 Å². The molecule has 0 aliphatic rings. The summed E-state index contributed by atoms with van der Waals surface area (Å²) in [5, 5.41) is 4.42. The van der Waals surface area contributed by atoms with Crippen LogP contribution in [0.3, 0.4) is 0 Å². The summed E-state index contributed by atoms with van der Waals surface area (Å²) in [4.78, 5) is 23.2. The predicted octanol–water partition coefficient (Wildman–Crippen LogP) is 2.72. The number of nitrogens with one attached hydrogen (secondary N) is 1. The highest BCUT2D eigenvalue weighted by molar-refractivity contribution is 6.00. The minimum absolute atomic E-state index is 0.250. The number of rotatable bonds is 6. The maximum atomic E-state index is 11.8. The minimum atomic E-state index is -0.690. The summed E-state index contributed by atoms with van der Waals surface area (Å²) in [6.07, 6.45) is 1.66. The monoisotopic (exact) mass is 283 g/mol. The average Bonchev–Trinajstić information content (AvgIpc) is 2.52. The number of hydrogen-bond acceptors (Lipinski definition) is 3. The molecule has 1 atom stereocenters. The molecule has 21 heavy (non-hydrogen) atoms. The van der Waals surface area contributed by atoms with Gasteiger partial charge in [-0.05, 0) is 23.8 Å². The van der Waals surface area contributed by atoms with Crippen LogP contribution in [0.15, 0.2) is 49.1 Å². The van der Waals surface area contributed by atoms with E-state index in [9.17, 15) is 9.59 Å². The summed E-state index contributed by atoms with van der Waals surface area (Å²) in [5.41, 5.74) is 0.455. The second-order valence-electron chi connectivity index (χ2n) is 4.61. The Kier molecular flexibility index (Phi) is 4.72. The maximum Gasteiger partial charge on any atom is 0.261 e. The molecule has 1 amide bonds. The van der Waals surface area contributed by atoms with Crippen LogP contribution in [0.1, 0.15) is 17.3 Å². The van der Waals surface area contributed by atoms with Gasteiger partial charge in [-0.3, -0.25) is 9.59 Å². The van der Waals surface area contributed by atoms with Crippen LogP contribution in [0.5, 0.6) is 5.75 Å². The van der Waals surface area contributed by atoms with Gasteiger partial charge in [0.05, 0.1) is 5.56 Å². The van der Waals surface area contributed by atoms with Crippen molar-refractivity contribution >= 4 is 23.0 Å². The van der Waals surface area contributed by atoms with Crippen LogP contribution < -0.4 is 10.1 Å². The van der Waals surface area contributed by atoms with E-state index in [0.29, 0.717) is 17.9 Å². The fraction of sp³-hybridized carbons (Fsp3) is 0.176. The highest BCUT2D eigenvalue weighted by atomic mass is 16.5. The maximum absolute atomic E-state index is 11.8. The molecular formula is C17H17NO3. The van der Waals surface area contributed by atoms with Gasteiger partial charge >= 0.3 is 0 Å². The average molecular weight is 283 g/mol. The fourth-order valence-corrected chi connectivity index (χ4v) is 2.06. The molecule has 0 aliphatic heterocycles. The zero-order valence-electron chi connectivity index (χ0n) is 11.8. The Morgan fingerprint density at radius 1 is 1.33 bits per heavy atom. The first kappa shape index (κ1) is 14.8. The lowest BCUT2D eigenvalue weighted by atomic mass is 10.0. The van der Waals surface area contributed by atoms with E-state index in [0.717, 1.165) is 17.1 Å². The van der Waals surface area contributed by atoms with Gasteiger partial charge in [0.2, 0.25) is 0 Å². The van der Waals surface area contributed by atoms with Crippen LogP contribution in [-0.2, 0) is 4.79 Å². The topological polar surface area (TPSA) is 55.4 Å². The molecule has 4 heteroatoms. The molecule has 1 N–H and O–H groups in total. The van der Waals surface area contributed by atoms with Gasteiger partial charge in [0.25, 0.3) is 5.91 Å². The zero-order valence-corrected chi connectivity index (χ0v) is 11.8. The third kappa shape index (κ3) is 3.28. The van der Waals surface area contributed by atoms with E-state index < -0.39 is 6.10 Å². The van der Waals surface area contributed by atoms with Crippen molar-refractivity contribution in [3.63, 3.8) is 0 Å². The summed E-state index contributed by atoms with van der Waals surface area (Å²) in [7, 11) is 0. The molecule has 0 saturated carbocycles. The van der Waals surface area contributed by atoms with Crippen molar-refractivity contribution in [2.75, 3.05) is 6.54 Å². The molecular weight excluding hydrogens is 266 g/mol. The van der Waals surface area contributed by atoms with Gasteiger partial charge in [-0.15, -0.1) is 6.58 Å². The second-order valence-corrected chi connectivity index (χ2v) is 4.61. The van der Waals surface area contributed by atoms with Gasteiger partial charge in [0, 0.05) is 6.54 Å². The number of aldehydes is 1. The summed E-state index contributed by atoms with van der Waals surface area (Å²) >= 11 is 0. The standard InChI is InChI=1S/C17H17NO3/c1-3-10-18-17(20)12(2)21-16-9-8-13-6-4-5-7-14(13)15(16)11-19/h3-9,11-12H,1,10H2,2H3,(H,18,20). The quantitative estimate of drug-likeness (QED) is 0.655. The van der Waals surface area contributed by atoms with E-state index in [1.807, 2.05) is 30.3 Å². The number of benzene rings is 2. The van der Waals surface area contributed by atoms with E-state index in [1.165, 1.54) is 0 Å².